The minimum absolute atomic E-state index is 0.000106. The Labute approximate surface area is 79.3 Å². The molecular weight excluding hydrogens is 188 g/mol. The van der Waals surface area contributed by atoms with Crippen LogP contribution in [-0.4, -0.2) is 39.6 Å². The molecule has 0 aromatic heterocycles. The van der Waals surface area contributed by atoms with Crippen LogP contribution in [0.2, 0.25) is 0 Å². The summed E-state index contributed by atoms with van der Waals surface area (Å²) in [5.41, 5.74) is 0. The molecule has 76 valence electrons. The predicted molar refractivity (Wildman–Crippen MR) is 52.0 cm³/mol. The van der Waals surface area contributed by atoms with Crippen molar-refractivity contribution in [2.75, 3.05) is 24.6 Å². The van der Waals surface area contributed by atoms with Gasteiger partial charge >= 0.3 is 0 Å². The second kappa shape index (κ2) is 3.65. The van der Waals surface area contributed by atoms with E-state index in [0.717, 1.165) is 0 Å². The second-order valence-electron chi connectivity index (χ2n) is 3.70. The lowest BCUT2D eigenvalue weighted by Crippen LogP contribution is -2.44. The monoisotopic (exact) mass is 204 g/mol. The maximum absolute atomic E-state index is 11.5. The number of carbonyl (C=O) groups is 1. The van der Waals surface area contributed by atoms with Crippen molar-refractivity contribution in [3.8, 4) is 0 Å². The van der Waals surface area contributed by atoms with E-state index in [9.17, 15) is 9.00 Å². The molecule has 1 N–H and O–H groups in total. The Hall–Kier alpha value is -0.580. The molecule has 0 aliphatic carbocycles. The Balaban J connectivity index is 2.55. The van der Waals surface area contributed by atoms with Gasteiger partial charge in [-0.25, -0.2) is 4.21 Å². The van der Waals surface area contributed by atoms with Gasteiger partial charge in [-0.3, -0.25) is 9.57 Å². The number of rotatable bonds is 1. The van der Waals surface area contributed by atoms with Crippen LogP contribution < -0.4 is 0 Å². The number of hydrogen-bond acceptors (Lipinski definition) is 3. The lowest BCUT2D eigenvalue weighted by Gasteiger charge is -2.29. The molecule has 1 saturated heterocycles. The van der Waals surface area contributed by atoms with Crippen molar-refractivity contribution in [2.24, 2.45) is 5.92 Å². The molecule has 0 aromatic carbocycles. The Morgan fingerprint density at radius 3 is 2.23 bits per heavy atom. The molecule has 1 rings (SSSR count). The number of carbonyl (C=O) groups excluding carboxylic acids is 1. The van der Waals surface area contributed by atoms with E-state index in [1.54, 1.807) is 4.90 Å². The van der Waals surface area contributed by atoms with Crippen LogP contribution in [0.5, 0.6) is 0 Å². The molecular formula is C8H16N2O2S. The molecule has 0 saturated carbocycles. The zero-order valence-electron chi connectivity index (χ0n) is 8.08. The molecule has 0 spiro atoms. The quantitative estimate of drug-likeness (QED) is 0.677. The number of nitrogens with zero attached hydrogens (tertiary/aromatic N) is 1. The van der Waals surface area contributed by atoms with Gasteiger partial charge in [0.1, 0.15) is 0 Å². The lowest BCUT2D eigenvalue weighted by atomic mass is 10.2. The van der Waals surface area contributed by atoms with Gasteiger partial charge in [0, 0.05) is 40.2 Å². The van der Waals surface area contributed by atoms with Crippen LogP contribution in [0, 0.1) is 10.7 Å². The molecule has 1 fully saturated rings. The first kappa shape index (κ1) is 10.5. The Morgan fingerprint density at radius 2 is 1.85 bits per heavy atom. The van der Waals surface area contributed by atoms with E-state index < -0.39 is 9.73 Å². The topological polar surface area (TPSA) is 61.2 Å². The highest BCUT2D eigenvalue weighted by molar-refractivity contribution is 7.92. The highest BCUT2D eigenvalue weighted by atomic mass is 32.2. The Bertz CT molecular complexity index is 281. The van der Waals surface area contributed by atoms with Crippen LogP contribution in [0.15, 0.2) is 0 Å². The molecule has 4 nitrogen and oxygen atoms in total. The lowest BCUT2D eigenvalue weighted by molar-refractivity contribution is -0.134. The maximum atomic E-state index is 11.5. The summed E-state index contributed by atoms with van der Waals surface area (Å²) in [4.78, 5) is 13.2. The molecule has 1 amide bonds. The molecule has 13 heavy (non-hydrogen) atoms. The smallest absolute Gasteiger partial charge is 0.225 e. The van der Waals surface area contributed by atoms with Gasteiger partial charge in [-0.15, -0.1) is 0 Å². The van der Waals surface area contributed by atoms with Crippen molar-refractivity contribution in [2.45, 2.75) is 13.8 Å². The zero-order valence-corrected chi connectivity index (χ0v) is 8.89. The zero-order chi connectivity index (χ0) is 10.1. The molecule has 1 aliphatic rings. The summed E-state index contributed by atoms with van der Waals surface area (Å²) in [6.07, 6.45) is 0. The summed E-state index contributed by atoms with van der Waals surface area (Å²) in [7, 11) is -2.37. The van der Waals surface area contributed by atoms with Gasteiger partial charge in [0.2, 0.25) is 5.91 Å². The fourth-order valence-corrected chi connectivity index (χ4v) is 2.55. The predicted octanol–water partition coefficient (Wildman–Crippen LogP) is 0.531. The van der Waals surface area contributed by atoms with Gasteiger partial charge in [-0.05, 0) is 0 Å². The third kappa shape index (κ3) is 2.69. The van der Waals surface area contributed by atoms with E-state index in [1.165, 1.54) is 0 Å². The van der Waals surface area contributed by atoms with Crippen LogP contribution >= 0.6 is 0 Å². The minimum Gasteiger partial charge on any atom is -0.341 e. The standard InChI is InChI=1S/C8H16N2O2S/c1-7(2)8(11)10-3-5-13(9,12)6-4-10/h7,9H,3-6H2,1-2H3. The van der Waals surface area contributed by atoms with Gasteiger partial charge in [0.05, 0.1) is 0 Å². The van der Waals surface area contributed by atoms with E-state index in [2.05, 4.69) is 0 Å². The molecule has 0 atom stereocenters. The Kier molecular flexibility index (Phi) is 2.95. The summed E-state index contributed by atoms with van der Waals surface area (Å²) in [5, 5.41) is 0. The first-order valence-electron chi connectivity index (χ1n) is 4.45. The van der Waals surface area contributed by atoms with Crippen LogP contribution in [0.1, 0.15) is 13.8 Å². The van der Waals surface area contributed by atoms with Crippen LogP contribution in [0.25, 0.3) is 0 Å². The summed E-state index contributed by atoms with van der Waals surface area (Å²) in [5.74, 6) is 0.784. The second-order valence-corrected chi connectivity index (χ2v) is 6.14. The Morgan fingerprint density at radius 1 is 1.38 bits per heavy atom. The average molecular weight is 204 g/mol. The fraction of sp³-hybridized carbons (Fsp3) is 0.875. The van der Waals surface area contributed by atoms with E-state index in [4.69, 9.17) is 4.78 Å². The molecule has 0 radical (unpaired) electrons. The van der Waals surface area contributed by atoms with E-state index in [1.807, 2.05) is 13.8 Å². The van der Waals surface area contributed by atoms with Crippen LogP contribution in [0.4, 0.5) is 0 Å². The number of amides is 1. The van der Waals surface area contributed by atoms with Gasteiger partial charge < -0.3 is 4.90 Å². The summed E-state index contributed by atoms with van der Waals surface area (Å²) in [6, 6.07) is 0. The number of hydrogen-bond donors (Lipinski definition) is 1. The molecule has 0 unspecified atom stereocenters. The molecule has 1 aliphatic heterocycles. The van der Waals surface area contributed by atoms with E-state index in [0.29, 0.717) is 24.6 Å². The van der Waals surface area contributed by atoms with Crippen molar-refractivity contribution in [3.05, 3.63) is 0 Å². The summed E-state index contributed by atoms with van der Waals surface area (Å²) < 4.78 is 18.6. The van der Waals surface area contributed by atoms with Crippen molar-refractivity contribution in [1.29, 1.82) is 4.78 Å². The summed E-state index contributed by atoms with van der Waals surface area (Å²) >= 11 is 0. The highest BCUT2D eigenvalue weighted by Crippen LogP contribution is 2.08. The number of nitrogens with one attached hydrogen (secondary N) is 1. The van der Waals surface area contributed by atoms with Crippen LogP contribution in [0.3, 0.4) is 0 Å². The summed E-state index contributed by atoms with van der Waals surface area (Å²) in [6.45, 7) is 4.68. The van der Waals surface area contributed by atoms with Gasteiger partial charge in [0.25, 0.3) is 0 Å². The van der Waals surface area contributed by atoms with Crippen LogP contribution in [-0.2, 0) is 14.5 Å². The van der Waals surface area contributed by atoms with Gasteiger partial charge in [0.15, 0.2) is 0 Å². The fourth-order valence-electron chi connectivity index (χ4n) is 1.31. The van der Waals surface area contributed by atoms with Crippen molar-refractivity contribution >= 4 is 15.6 Å². The third-order valence-corrected chi connectivity index (χ3v) is 3.87. The normalized spacial score (nSPS) is 21.9. The molecule has 5 heteroatoms. The minimum atomic E-state index is -2.37. The largest absolute Gasteiger partial charge is 0.341 e. The van der Waals surface area contributed by atoms with E-state index >= 15 is 0 Å². The molecule has 0 bridgehead atoms. The first-order valence-corrected chi connectivity index (χ1v) is 6.35. The van der Waals surface area contributed by atoms with Crippen molar-refractivity contribution < 1.29 is 9.00 Å². The van der Waals surface area contributed by atoms with Gasteiger partial charge in [-0.2, -0.15) is 0 Å². The molecule has 0 aromatic rings. The molecule has 1 heterocycles. The third-order valence-electron chi connectivity index (χ3n) is 2.19. The van der Waals surface area contributed by atoms with E-state index in [-0.39, 0.29) is 11.8 Å². The highest BCUT2D eigenvalue weighted by Gasteiger charge is 2.23. The first-order chi connectivity index (χ1) is 5.92. The maximum Gasteiger partial charge on any atom is 0.225 e. The van der Waals surface area contributed by atoms with Crippen molar-refractivity contribution in [3.63, 3.8) is 0 Å². The average Bonchev–Trinajstić information content (AvgIpc) is 2.03. The van der Waals surface area contributed by atoms with Gasteiger partial charge in [-0.1, -0.05) is 13.8 Å². The van der Waals surface area contributed by atoms with Crippen molar-refractivity contribution in [1.82, 2.24) is 4.90 Å². The SMILES string of the molecule is CC(C)C(=O)N1CCS(=N)(=O)CC1.